The average Bonchev–Trinajstić information content (AvgIpc) is 3.13. The van der Waals surface area contributed by atoms with Crippen LogP contribution in [0.25, 0.3) is 11.1 Å². The third kappa shape index (κ3) is 14.2. The van der Waals surface area contributed by atoms with E-state index in [0.717, 1.165) is 11.1 Å². The highest BCUT2D eigenvalue weighted by molar-refractivity contribution is 5.72. The predicted molar refractivity (Wildman–Crippen MR) is 205 cm³/mol. The molecule has 0 saturated heterocycles. The Morgan fingerprint density at radius 3 is 1.05 bits per heavy atom. The number of hydrogen-bond acceptors (Lipinski definition) is 8. The molecule has 4 N–H and O–H groups in total. The van der Waals surface area contributed by atoms with Crippen molar-refractivity contribution in [3.63, 3.8) is 0 Å². The van der Waals surface area contributed by atoms with Crippen LogP contribution in [0.3, 0.4) is 0 Å². The van der Waals surface area contributed by atoms with Crippen molar-refractivity contribution in [2.45, 2.75) is 92.1 Å². The number of nitrogens with one attached hydrogen (secondary N) is 4. The first-order valence-electron chi connectivity index (χ1n) is 17.9. The monoisotopic (exact) mass is 774 g/mol. The molecule has 0 aliphatic heterocycles. The zero-order valence-electron chi connectivity index (χ0n) is 32.3. The molecular weight excluding hydrogens is 726 g/mol. The second kappa shape index (κ2) is 19.4. The number of benzene rings is 4. The van der Waals surface area contributed by atoms with E-state index in [-0.39, 0.29) is 61.6 Å². The summed E-state index contributed by atoms with van der Waals surface area (Å²) in [7, 11) is 0. The molecule has 0 fully saturated rings. The van der Waals surface area contributed by atoms with Gasteiger partial charge in [0.2, 0.25) is 0 Å². The second-order valence-electron chi connectivity index (χ2n) is 14.8. The van der Waals surface area contributed by atoms with E-state index in [9.17, 15) is 19.2 Å². The molecule has 0 saturated carbocycles. The fourth-order valence-electron chi connectivity index (χ4n) is 5.19. The van der Waals surface area contributed by atoms with Crippen LogP contribution < -0.4 is 21.3 Å². The maximum Gasteiger partial charge on any atom is 0.407 e. The lowest BCUT2D eigenvalue weighted by Gasteiger charge is -2.21. The number of rotatable bonds is 13. The molecule has 0 aliphatic carbocycles. The van der Waals surface area contributed by atoms with Crippen LogP contribution >= 0.6 is 0 Å². The molecule has 4 amide bonds. The van der Waals surface area contributed by atoms with Gasteiger partial charge in [-0.1, -0.05) is 60.7 Å². The van der Waals surface area contributed by atoms with Crippen LogP contribution in [-0.4, -0.2) is 35.6 Å². The van der Waals surface area contributed by atoms with E-state index < -0.39 is 47.2 Å². The van der Waals surface area contributed by atoms with Gasteiger partial charge in [-0.2, -0.15) is 0 Å². The van der Waals surface area contributed by atoms with E-state index in [2.05, 4.69) is 21.3 Å². The van der Waals surface area contributed by atoms with Crippen LogP contribution in [0.2, 0.25) is 0 Å². The number of carbonyl (C=O) groups excluding carboxylic acids is 4. The molecule has 4 aromatic rings. The van der Waals surface area contributed by atoms with Gasteiger partial charge >= 0.3 is 24.4 Å². The van der Waals surface area contributed by atoms with Crippen molar-refractivity contribution in [3.05, 3.63) is 130 Å². The van der Waals surface area contributed by atoms with E-state index in [1.807, 2.05) is 12.1 Å². The van der Waals surface area contributed by atoms with E-state index in [1.165, 1.54) is 24.3 Å². The molecule has 0 aliphatic rings. The van der Waals surface area contributed by atoms with Gasteiger partial charge in [0.25, 0.3) is 0 Å². The molecule has 4 aromatic carbocycles. The van der Waals surface area contributed by atoms with Gasteiger partial charge < -0.3 is 40.2 Å². The van der Waals surface area contributed by atoms with Crippen LogP contribution in [-0.2, 0) is 58.3 Å². The van der Waals surface area contributed by atoms with Crippen molar-refractivity contribution in [1.82, 2.24) is 21.3 Å². The Morgan fingerprint density at radius 1 is 0.482 bits per heavy atom. The predicted octanol–water partition coefficient (Wildman–Crippen LogP) is 8.53. The summed E-state index contributed by atoms with van der Waals surface area (Å²) in [5.74, 6) is -1.43. The molecule has 12 nitrogen and oxygen atoms in total. The summed E-state index contributed by atoms with van der Waals surface area (Å²) in [5, 5.41) is 10.2. The zero-order chi connectivity index (χ0) is 40.9. The minimum atomic E-state index is -0.808. The Morgan fingerprint density at radius 2 is 0.768 bits per heavy atom. The number of amides is 4. The number of halogens is 2. The lowest BCUT2D eigenvalue weighted by Crippen LogP contribution is -2.33. The molecule has 4 rings (SSSR count). The van der Waals surface area contributed by atoms with E-state index in [0.29, 0.717) is 11.1 Å². The van der Waals surface area contributed by atoms with Gasteiger partial charge in [0, 0.05) is 48.4 Å². The largest absolute Gasteiger partial charge is 0.445 e. The Kier molecular flexibility index (Phi) is 14.8. The van der Waals surface area contributed by atoms with Crippen molar-refractivity contribution in [3.8, 4) is 11.1 Å². The molecule has 0 spiro atoms. The third-order valence-electron chi connectivity index (χ3n) is 7.70. The standard InChI is InChI=1S/C42H48F2N4O8/c1-41(2,3)55-39(51)47-23-33-19-30(20-34(36(33)44)24-48-40(52)56-42(4,5)6)29-17-31(21-45-37(49)53-25-27-13-9-7-10-14-27)35(43)32(18-29)22-46-38(50)54-26-28-15-11-8-12-16-28/h7-20H,21-26H2,1-6H3,(H,45,49)(H,46,50)(H,47,51)(H,48,52). The van der Waals surface area contributed by atoms with Gasteiger partial charge in [-0.05, 0) is 88.1 Å². The maximum absolute atomic E-state index is 16.1. The second-order valence-corrected chi connectivity index (χ2v) is 14.8. The van der Waals surface area contributed by atoms with Gasteiger partial charge in [-0.3, -0.25) is 0 Å². The number of ether oxygens (including phenoxy) is 4. The molecule has 14 heteroatoms. The molecule has 0 bridgehead atoms. The van der Waals surface area contributed by atoms with Crippen LogP contribution in [0, 0.1) is 11.6 Å². The molecule has 0 atom stereocenters. The summed E-state index contributed by atoms with van der Waals surface area (Å²) in [5.41, 5.74) is 0.762. The first kappa shape index (κ1) is 42.6. The molecule has 56 heavy (non-hydrogen) atoms. The number of alkyl carbamates (subject to hydrolysis) is 4. The minimum absolute atomic E-state index is 0.00868. The van der Waals surface area contributed by atoms with Crippen molar-refractivity contribution in [1.29, 1.82) is 0 Å². The SMILES string of the molecule is CC(C)(C)OC(=O)NCc1cc(-c2cc(CNC(=O)OCc3ccccc3)c(F)c(CNC(=O)OCc3ccccc3)c2)cc(CNC(=O)OC(C)(C)C)c1F. The van der Waals surface area contributed by atoms with Gasteiger partial charge in [-0.25, -0.2) is 28.0 Å². The summed E-state index contributed by atoms with van der Waals surface area (Å²) in [6, 6.07) is 23.9. The summed E-state index contributed by atoms with van der Waals surface area (Å²) in [4.78, 5) is 50.3. The van der Waals surface area contributed by atoms with Crippen LogP contribution in [0.15, 0.2) is 84.9 Å². The van der Waals surface area contributed by atoms with Gasteiger partial charge in [0.05, 0.1) is 0 Å². The molecule has 0 aromatic heterocycles. The Labute approximate surface area is 325 Å². The first-order chi connectivity index (χ1) is 26.5. The maximum atomic E-state index is 16.1. The summed E-state index contributed by atoms with van der Waals surface area (Å²) >= 11 is 0. The van der Waals surface area contributed by atoms with E-state index in [4.69, 9.17) is 18.9 Å². The summed E-state index contributed by atoms with van der Waals surface area (Å²) < 4.78 is 53.4. The molecule has 0 unspecified atom stereocenters. The van der Waals surface area contributed by atoms with Gasteiger partial charge in [0.1, 0.15) is 36.1 Å². The lowest BCUT2D eigenvalue weighted by molar-refractivity contribution is 0.0513. The van der Waals surface area contributed by atoms with Gasteiger partial charge in [0.15, 0.2) is 0 Å². The topological polar surface area (TPSA) is 153 Å². The quantitative estimate of drug-likeness (QED) is 0.0987. The Balaban J connectivity index is 1.66. The van der Waals surface area contributed by atoms with Gasteiger partial charge in [-0.15, -0.1) is 0 Å². The zero-order valence-corrected chi connectivity index (χ0v) is 32.3. The Hall–Kier alpha value is -6.18. The van der Waals surface area contributed by atoms with Crippen molar-refractivity contribution < 1.29 is 46.9 Å². The van der Waals surface area contributed by atoms with Crippen molar-refractivity contribution >= 4 is 24.4 Å². The minimum Gasteiger partial charge on any atom is -0.445 e. The normalized spacial score (nSPS) is 11.2. The van der Waals surface area contributed by atoms with E-state index >= 15 is 8.78 Å². The van der Waals surface area contributed by atoms with E-state index in [1.54, 1.807) is 90.1 Å². The van der Waals surface area contributed by atoms with Crippen LogP contribution in [0.5, 0.6) is 0 Å². The third-order valence-corrected chi connectivity index (χ3v) is 7.70. The van der Waals surface area contributed by atoms with Crippen LogP contribution in [0.4, 0.5) is 28.0 Å². The smallest absolute Gasteiger partial charge is 0.407 e. The molecular formula is C42H48F2N4O8. The highest BCUT2D eigenvalue weighted by atomic mass is 19.1. The first-order valence-corrected chi connectivity index (χ1v) is 17.9. The van der Waals surface area contributed by atoms with Crippen molar-refractivity contribution in [2.75, 3.05) is 0 Å². The fraction of sp³-hybridized carbons (Fsp3) is 0.333. The lowest BCUT2D eigenvalue weighted by atomic mass is 9.95. The molecule has 298 valence electrons. The highest BCUT2D eigenvalue weighted by Crippen LogP contribution is 2.29. The van der Waals surface area contributed by atoms with Crippen molar-refractivity contribution in [2.24, 2.45) is 0 Å². The summed E-state index contributed by atoms with van der Waals surface area (Å²) in [6.07, 6.45) is -3.15. The summed E-state index contributed by atoms with van der Waals surface area (Å²) in [6.45, 7) is 8.91. The number of hydrogen-bond donors (Lipinski definition) is 4. The highest BCUT2D eigenvalue weighted by Gasteiger charge is 2.21. The Bertz CT molecular complexity index is 1850. The molecule has 0 heterocycles. The number of carbonyl (C=O) groups is 4. The van der Waals surface area contributed by atoms with Crippen LogP contribution in [0.1, 0.15) is 74.9 Å². The fourth-order valence-corrected chi connectivity index (χ4v) is 5.19. The average molecular weight is 775 g/mol. The molecule has 0 radical (unpaired) electrons.